The Labute approximate surface area is 194 Å². The number of carbonyl (C=O) groups excluding carboxylic acids is 2. The first-order chi connectivity index (χ1) is 15.7. The fourth-order valence-corrected chi connectivity index (χ4v) is 6.16. The van der Waals surface area contributed by atoms with E-state index in [-0.39, 0.29) is 11.8 Å². The van der Waals surface area contributed by atoms with Crippen molar-refractivity contribution in [1.82, 2.24) is 24.5 Å². The predicted molar refractivity (Wildman–Crippen MR) is 125 cm³/mol. The van der Waals surface area contributed by atoms with E-state index in [1.54, 1.807) is 0 Å². The van der Waals surface area contributed by atoms with Gasteiger partial charge in [0.1, 0.15) is 0 Å². The van der Waals surface area contributed by atoms with Gasteiger partial charge in [0.25, 0.3) is 11.8 Å². The van der Waals surface area contributed by atoms with Crippen molar-refractivity contribution in [3.63, 3.8) is 0 Å². The summed E-state index contributed by atoms with van der Waals surface area (Å²) in [7, 11) is 0. The maximum Gasteiger partial charge on any atom is 0.274 e. The van der Waals surface area contributed by atoms with E-state index in [1.807, 2.05) is 27.3 Å². The number of carbonyl (C=O) groups is 2. The number of piperazine rings is 1. The van der Waals surface area contributed by atoms with E-state index in [1.165, 1.54) is 22.6 Å². The smallest absolute Gasteiger partial charge is 0.274 e. The summed E-state index contributed by atoms with van der Waals surface area (Å²) < 4.78 is 2.10. The van der Waals surface area contributed by atoms with Crippen LogP contribution in [-0.2, 0) is 19.4 Å². The second-order valence-electron chi connectivity index (χ2n) is 9.20. The van der Waals surface area contributed by atoms with Gasteiger partial charge >= 0.3 is 0 Å². The molecule has 0 N–H and O–H groups in total. The van der Waals surface area contributed by atoms with Crippen molar-refractivity contribution in [2.75, 3.05) is 39.3 Å². The molecule has 0 bridgehead atoms. The Kier molecular flexibility index (Phi) is 6.33. The van der Waals surface area contributed by atoms with Crippen molar-refractivity contribution in [1.29, 1.82) is 0 Å². The third kappa shape index (κ3) is 4.10. The van der Waals surface area contributed by atoms with Gasteiger partial charge in [-0.2, -0.15) is 5.10 Å². The van der Waals surface area contributed by atoms with Crippen molar-refractivity contribution in [2.45, 2.75) is 58.0 Å². The first-order valence-corrected chi connectivity index (χ1v) is 13.0. The van der Waals surface area contributed by atoms with Crippen LogP contribution in [0.25, 0.3) is 0 Å². The van der Waals surface area contributed by atoms with Gasteiger partial charge < -0.3 is 9.80 Å². The van der Waals surface area contributed by atoms with E-state index in [4.69, 9.17) is 5.10 Å². The Morgan fingerprint density at radius 2 is 1.81 bits per heavy atom. The van der Waals surface area contributed by atoms with Gasteiger partial charge in [-0.15, -0.1) is 11.3 Å². The number of aryl methyl sites for hydroxylation is 1. The van der Waals surface area contributed by atoms with Gasteiger partial charge in [0.2, 0.25) is 0 Å². The molecule has 2 amide bonds. The molecule has 3 aliphatic rings. The SMILES string of the molecule is CCCn1nc(C(=O)N2CCCC2)c2c1CCC(N1CCN(C(=O)c3cccs3)CC1)C2. The summed E-state index contributed by atoms with van der Waals surface area (Å²) in [6.45, 7) is 8.10. The lowest BCUT2D eigenvalue weighted by Crippen LogP contribution is -2.53. The molecular weight excluding hydrogens is 422 g/mol. The average molecular weight is 456 g/mol. The molecule has 4 heterocycles. The number of hydrogen-bond donors (Lipinski definition) is 0. The molecule has 32 heavy (non-hydrogen) atoms. The molecule has 2 saturated heterocycles. The van der Waals surface area contributed by atoms with Crippen molar-refractivity contribution < 1.29 is 9.59 Å². The van der Waals surface area contributed by atoms with Crippen LogP contribution >= 0.6 is 11.3 Å². The fourth-order valence-electron chi connectivity index (χ4n) is 5.47. The highest BCUT2D eigenvalue weighted by molar-refractivity contribution is 7.12. The Hall–Kier alpha value is -2.19. The van der Waals surface area contributed by atoms with E-state index in [2.05, 4.69) is 16.5 Å². The lowest BCUT2D eigenvalue weighted by molar-refractivity contribution is 0.0555. The van der Waals surface area contributed by atoms with Crippen LogP contribution in [0, 0.1) is 0 Å². The van der Waals surface area contributed by atoms with Crippen molar-refractivity contribution in [3.05, 3.63) is 39.3 Å². The summed E-state index contributed by atoms with van der Waals surface area (Å²) in [5.41, 5.74) is 3.16. The van der Waals surface area contributed by atoms with Gasteiger partial charge in [-0.25, -0.2) is 0 Å². The summed E-state index contributed by atoms with van der Waals surface area (Å²) in [6.07, 6.45) is 6.19. The van der Waals surface area contributed by atoms with Crippen molar-refractivity contribution >= 4 is 23.2 Å². The molecule has 0 spiro atoms. The number of rotatable bonds is 5. The first-order valence-electron chi connectivity index (χ1n) is 12.1. The number of hydrogen-bond acceptors (Lipinski definition) is 5. The summed E-state index contributed by atoms with van der Waals surface area (Å²) in [6, 6.07) is 4.27. The molecule has 0 aromatic carbocycles. The zero-order valence-corrected chi connectivity index (χ0v) is 19.8. The first kappa shape index (κ1) is 21.6. The predicted octanol–water partition coefficient (Wildman–Crippen LogP) is 2.91. The lowest BCUT2D eigenvalue weighted by atomic mass is 9.89. The molecule has 0 saturated carbocycles. The van der Waals surface area contributed by atoms with Crippen molar-refractivity contribution in [2.24, 2.45) is 0 Å². The molecule has 2 aromatic rings. The molecule has 172 valence electrons. The van der Waals surface area contributed by atoms with Crippen LogP contribution in [0.15, 0.2) is 17.5 Å². The highest BCUT2D eigenvalue weighted by atomic mass is 32.1. The number of likely N-dealkylation sites (tertiary alicyclic amines) is 1. The van der Waals surface area contributed by atoms with Gasteiger partial charge in [-0.3, -0.25) is 19.2 Å². The molecule has 2 fully saturated rings. The van der Waals surface area contributed by atoms with Crippen LogP contribution in [0.2, 0.25) is 0 Å². The van der Waals surface area contributed by atoms with Gasteiger partial charge in [-0.1, -0.05) is 13.0 Å². The van der Waals surface area contributed by atoms with Crippen molar-refractivity contribution in [3.8, 4) is 0 Å². The minimum Gasteiger partial charge on any atom is -0.337 e. The Bertz CT molecular complexity index is 955. The number of nitrogens with zero attached hydrogens (tertiary/aromatic N) is 5. The van der Waals surface area contributed by atoms with Gasteiger partial charge in [0.05, 0.1) is 4.88 Å². The highest BCUT2D eigenvalue weighted by Crippen LogP contribution is 2.30. The van der Waals surface area contributed by atoms with E-state index in [9.17, 15) is 9.59 Å². The zero-order valence-electron chi connectivity index (χ0n) is 19.0. The summed E-state index contributed by atoms with van der Waals surface area (Å²) >= 11 is 1.52. The summed E-state index contributed by atoms with van der Waals surface area (Å²) in [4.78, 5) is 33.3. The Morgan fingerprint density at radius 1 is 1.06 bits per heavy atom. The molecule has 2 aromatic heterocycles. The normalized spacial score (nSPS) is 21.7. The second-order valence-corrected chi connectivity index (χ2v) is 10.1. The Balaban J connectivity index is 1.29. The molecular formula is C24H33N5O2S. The maximum absolute atomic E-state index is 13.2. The molecule has 7 nitrogen and oxygen atoms in total. The third-order valence-corrected chi connectivity index (χ3v) is 8.06. The summed E-state index contributed by atoms with van der Waals surface area (Å²) in [5.74, 6) is 0.283. The molecule has 8 heteroatoms. The van der Waals surface area contributed by atoms with Gasteiger partial charge in [0.15, 0.2) is 5.69 Å². The quantitative estimate of drug-likeness (QED) is 0.696. The van der Waals surface area contributed by atoms with E-state index in [0.29, 0.717) is 11.7 Å². The lowest BCUT2D eigenvalue weighted by Gasteiger charge is -2.40. The van der Waals surface area contributed by atoms with Crippen LogP contribution in [0.3, 0.4) is 0 Å². The van der Waals surface area contributed by atoms with E-state index in [0.717, 1.165) is 89.2 Å². The Morgan fingerprint density at radius 3 is 2.50 bits per heavy atom. The minimum absolute atomic E-state index is 0.126. The highest BCUT2D eigenvalue weighted by Gasteiger charge is 2.35. The molecule has 2 aliphatic heterocycles. The van der Waals surface area contributed by atoms with Crippen LogP contribution in [-0.4, -0.2) is 81.6 Å². The largest absolute Gasteiger partial charge is 0.337 e. The van der Waals surface area contributed by atoms with E-state index < -0.39 is 0 Å². The van der Waals surface area contributed by atoms with Gasteiger partial charge in [0, 0.05) is 63.1 Å². The number of thiophene rings is 1. The molecule has 1 unspecified atom stereocenters. The minimum atomic E-state index is 0.126. The van der Waals surface area contributed by atoms with Crippen LogP contribution in [0.5, 0.6) is 0 Å². The van der Waals surface area contributed by atoms with Crippen LogP contribution < -0.4 is 0 Å². The number of fused-ring (bicyclic) bond motifs is 1. The molecule has 1 atom stereocenters. The monoisotopic (exact) mass is 455 g/mol. The standard InChI is InChI=1S/C24H33N5O2S/c1-2-9-29-20-8-7-18(17-19(20)22(25-29)24(31)27-10-3-4-11-27)26-12-14-28(15-13-26)23(30)21-6-5-16-32-21/h5-6,16,18H,2-4,7-15,17H2,1H3. The fraction of sp³-hybridized carbons (Fsp3) is 0.625. The number of amides is 2. The third-order valence-electron chi connectivity index (χ3n) is 7.20. The summed E-state index contributed by atoms with van der Waals surface area (Å²) in [5, 5.41) is 6.79. The van der Waals surface area contributed by atoms with Gasteiger partial charge in [-0.05, 0) is 50.0 Å². The maximum atomic E-state index is 13.2. The molecule has 1 aliphatic carbocycles. The van der Waals surface area contributed by atoms with Crippen LogP contribution in [0.1, 0.15) is 64.0 Å². The zero-order chi connectivity index (χ0) is 22.1. The molecule has 5 rings (SSSR count). The average Bonchev–Trinajstić information content (AvgIpc) is 3.60. The topological polar surface area (TPSA) is 61.7 Å². The van der Waals surface area contributed by atoms with E-state index >= 15 is 0 Å². The molecule has 0 radical (unpaired) electrons. The second kappa shape index (κ2) is 9.35. The van der Waals surface area contributed by atoms with Crippen LogP contribution in [0.4, 0.5) is 0 Å². The number of aromatic nitrogens is 2.